The maximum absolute atomic E-state index is 12.9. The van der Waals surface area contributed by atoms with Crippen molar-refractivity contribution in [1.29, 1.82) is 0 Å². The molecule has 5 rings (SSSR count). The number of amides is 2. The van der Waals surface area contributed by atoms with Crippen LogP contribution in [0.3, 0.4) is 0 Å². The van der Waals surface area contributed by atoms with Gasteiger partial charge in [0.05, 0.1) is 19.1 Å². The molecule has 0 unspecified atom stereocenters. The van der Waals surface area contributed by atoms with Crippen LogP contribution in [0.2, 0.25) is 0 Å². The van der Waals surface area contributed by atoms with Crippen LogP contribution in [0.15, 0.2) is 30.3 Å². The van der Waals surface area contributed by atoms with Gasteiger partial charge in [-0.15, -0.1) is 0 Å². The number of hydrogen-bond acceptors (Lipinski definition) is 5. The molecule has 4 heterocycles. The van der Waals surface area contributed by atoms with E-state index in [0.717, 1.165) is 73.8 Å². The third-order valence-electron chi connectivity index (χ3n) is 7.00. The molecule has 2 amide bonds. The van der Waals surface area contributed by atoms with E-state index in [-0.39, 0.29) is 17.9 Å². The lowest BCUT2D eigenvalue weighted by Gasteiger charge is -2.31. The van der Waals surface area contributed by atoms with Gasteiger partial charge in [0.2, 0.25) is 11.8 Å². The van der Waals surface area contributed by atoms with E-state index in [1.165, 1.54) is 0 Å². The lowest BCUT2D eigenvalue weighted by Crippen LogP contribution is -2.39. The molecule has 7 heteroatoms. The Morgan fingerprint density at radius 2 is 1.81 bits per heavy atom. The fraction of sp³-hybridized carbons (Fsp3) is 0.520. The second-order valence-electron chi connectivity index (χ2n) is 9.15. The molecule has 0 aliphatic carbocycles. The summed E-state index contributed by atoms with van der Waals surface area (Å²) in [7, 11) is 0. The normalized spacial score (nSPS) is 21.3. The summed E-state index contributed by atoms with van der Waals surface area (Å²) in [6.07, 6.45) is 5.36. The summed E-state index contributed by atoms with van der Waals surface area (Å²) < 4.78 is 0. The maximum atomic E-state index is 12.9. The number of likely N-dealkylation sites (tertiary alicyclic amines) is 2. The summed E-state index contributed by atoms with van der Waals surface area (Å²) >= 11 is 0. The van der Waals surface area contributed by atoms with Crippen molar-refractivity contribution in [3.63, 3.8) is 0 Å². The van der Waals surface area contributed by atoms with Crippen LogP contribution >= 0.6 is 0 Å². The summed E-state index contributed by atoms with van der Waals surface area (Å²) in [6, 6.07) is 10.1. The smallest absolute Gasteiger partial charge is 0.236 e. The third-order valence-corrected chi connectivity index (χ3v) is 7.00. The van der Waals surface area contributed by atoms with Crippen LogP contribution < -0.4 is 4.90 Å². The predicted octanol–water partition coefficient (Wildman–Crippen LogP) is 3.02. The minimum atomic E-state index is 0.0288. The van der Waals surface area contributed by atoms with Crippen LogP contribution in [0.5, 0.6) is 0 Å². The Balaban J connectivity index is 1.42. The van der Waals surface area contributed by atoms with E-state index < -0.39 is 0 Å². The zero-order valence-corrected chi connectivity index (χ0v) is 18.8. The van der Waals surface area contributed by atoms with Crippen LogP contribution in [-0.4, -0.2) is 57.8 Å². The molecule has 1 aromatic heterocycles. The van der Waals surface area contributed by atoms with Crippen LogP contribution in [0.1, 0.15) is 60.8 Å². The number of aryl methyl sites for hydroxylation is 1. The summed E-state index contributed by atoms with van der Waals surface area (Å²) in [6.45, 7) is 5.61. The fourth-order valence-corrected chi connectivity index (χ4v) is 5.23. The number of fused-ring (bicyclic) bond motifs is 1. The van der Waals surface area contributed by atoms with E-state index in [2.05, 4.69) is 4.90 Å². The molecular weight excluding hydrogens is 402 g/mol. The van der Waals surface area contributed by atoms with Gasteiger partial charge in [0.25, 0.3) is 0 Å². The van der Waals surface area contributed by atoms with Crippen molar-refractivity contribution >= 4 is 17.6 Å². The SMILES string of the molecule is Cc1nc([C@H]2CCCN2CC(=O)N2CCCC2)nc2c1CCC(=O)N2Cc1ccccc1. The van der Waals surface area contributed by atoms with Gasteiger partial charge >= 0.3 is 0 Å². The van der Waals surface area contributed by atoms with E-state index in [0.29, 0.717) is 25.9 Å². The highest BCUT2D eigenvalue weighted by Crippen LogP contribution is 2.35. The van der Waals surface area contributed by atoms with E-state index in [1.807, 2.05) is 47.1 Å². The molecule has 2 saturated heterocycles. The summed E-state index contributed by atoms with van der Waals surface area (Å²) in [4.78, 5) is 41.5. The Bertz CT molecular complexity index is 1000. The van der Waals surface area contributed by atoms with Gasteiger partial charge in [-0.25, -0.2) is 9.97 Å². The number of hydrogen-bond donors (Lipinski definition) is 0. The van der Waals surface area contributed by atoms with Crippen LogP contribution in [0, 0.1) is 6.92 Å². The molecule has 168 valence electrons. The average Bonchev–Trinajstić information content (AvgIpc) is 3.49. The zero-order valence-electron chi connectivity index (χ0n) is 18.8. The predicted molar refractivity (Wildman–Crippen MR) is 122 cm³/mol. The molecule has 3 aliphatic heterocycles. The van der Waals surface area contributed by atoms with E-state index in [9.17, 15) is 9.59 Å². The molecular formula is C25H31N5O2. The summed E-state index contributed by atoms with van der Waals surface area (Å²) in [5.41, 5.74) is 3.11. The van der Waals surface area contributed by atoms with Crippen molar-refractivity contribution in [2.75, 3.05) is 31.1 Å². The van der Waals surface area contributed by atoms with Crippen LogP contribution in [0.25, 0.3) is 0 Å². The Hall–Kier alpha value is -2.80. The molecule has 32 heavy (non-hydrogen) atoms. The zero-order chi connectivity index (χ0) is 22.1. The quantitative estimate of drug-likeness (QED) is 0.725. The number of carbonyl (C=O) groups excluding carboxylic acids is 2. The Morgan fingerprint density at radius 3 is 2.59 bits per heavy atom. The molecule has 0 N–H and O–H groups in total. The van der Waals surface area contributed by atoms with Gasteiger partial charge < -0.3 is 4.90 Å². The van der Waals surface area contributed by atoms with Crippen molar-refractivity contribution < 1.29 is 9.59 Å². The van der Waals surface area contributed by atoms with Gasteiger partial charge in [-0.3, -0.25) is 19.4 Å². The lowest BCUT2D eigenvalue weighted by atomic mass is 10.0. The molecule has 0 radical (unpaired) electrons. The lowest BCUT2D eigenvalue weighted by molar-refractivity contribution is -0.131. The Labute approximate surface area is 189 Å². The number of carbonyl (C=O) groups is 2. The van der Waals surface area contributed by atoms with Crippen molar-refractivity contribution in [1.82, 2.24) is 19.8 Å². The number of benzene rings is 1. The van der Waals surface area contributed by atoms with Gasteiger partial charge in [0.15, 0.2) is 0 Å². The second-order valence-corrected chi connectivity index (χ2v) is 9.15. The van der Waals surface area contributed by atoms with Crippen molar-refractivity contribution in [3.8, 4) is 0 Å². The average molecular weight is 434 g/mol. The third kappa shape index (κ3) is 4.13. The van der Waals surface area contributed by atoms with E-state index >= 15 is 0 Å². The standard InChI is InChI=1S/C25H31N5O2/c1-18-20-11-12-22(31)30(16-19-8-3-2-4-9-19)25(20)27-24(26-18)21-10-7-15-29(21)17-23(32)28-13-5-6-14-28/h2-4,8-9,21H,5-7,10-17H2,1H3/t21-/m1/s1. The number of nitrogens with zero attached hydrogens (tertiary/aromatic N) is 5. The van der Waals surface area contributed by atoms with Gasteiger partial charge in [-0.05, 0) is 51.1 Å². The number of aromatic nitrogens is 2. The van der Waals surface area contributed by atoms with Crippen LogP contribution in [0.4, 0.5) is 5.82 Å². The topological polar surface area (TPSA) is 69.6 Å². The number of rotatable bonds is 5. The first-order valence-corrected chi connectivity index (χ1v) is 11.8. The monoisotopic (exact) mass is 433 g/mol. The van der Waals surface area contributed by atoms with Gasteiger partial charge in [0.1, 0.15) is 11.6 Å². The Kier molecular flexibility index (Phi) is 5.91. The van der Waals surface area contributed by atoms with Crippen molar-refractivity contribution in [2.24, 2.45) is 0 Å². The van der Waals surface area contributed by atoms with Crippen molar-refractivity contribution in [2.45, 2.75) is 58.0 Å². The second kappa shape index (κ2) is 8.98. The minimum absolute atomic E-state index is 0.0288. The largest absolute Gasteiger partial charge is 0.342 e. The molecule has 0 bridgehead atoms. The van der Waals surface area contributed by atoms with E-state index in [1.54, 1.807) is 0 Å². The highest BCUT2D eigenvalue weighted by molar-refractivity contribution is 5.95. The highest BCUT2D eigenvalue weighted by atomic mass is 16.2. The molecule has 0 spiro atoms. The minimum Gasteiger partial charge on any atom is -0.342 e. The Morgan fingerprint density at radius 1 is 1.03 bits per heavy atom. The molecule has 3 aliphatic rings. The maximum Gasteiger partial charge on any atom is 0.236 e. The first kappa shape index (κ1) is 21.1. The number of anilines is 1. The molecule has 2 aromatic rings. The first-order chi connectivity index (χ1) is 15.6. The van der Waals surface area contributed by atoms with Gasteiger partial charge in [-0.2, -0.15) is 0 Å². The molecule has 7 nitrogen and oxygen atoms in total. The first-order valence-electron chi connectivity index (χ1n) is 11.8. The summed E-state index contributed by atoms with van der Waals surface area (Å²) in [5.74, 6) is 1.83. The fourth-order valence-electron chi connectivity index (χ4n) is 5.23. The van der Waals surface area contributed by atoms with Gasteiger partial charge in [0, 0.05) is 30.8 Å². The van der Waals surface area contributed by atoms with Gasteiger partial charge in [-0.1, -0.05) is 30.3 Å². The molecule has 1 aromatic carbocycles. The highest BCUT2D eigenvalue weighted by Gasteiger charge is 2.34. The van der Waals surface area contributed by atoms with Crippen molar-refractivity contribution in [3.05, 3.63) is 53.0 Å². The molecule has 0 saturated carbocycles. The molecule has 1 atom stereocenters. The van der Waals surface area contributed by atoms with E-state index in [4.69, 9.17) is 9.97 Å². The summed E-state index contributed by atoms with van der Waals surface area (Å²) in [5, 5.41) is 0. The molecule has 2 fully saturated rings. The van der Waals surface area contributed by atoms with Crippen LogP contribution in [-0.2, 0) is 22.6 Å².